The largest absolute Gasteiger partial charge is 0.319 e. The normalized spacial score (nSPS) is 12.3. The van der Waals surface area contributed by atoms with E-state index in [1.165, 1.54) is 0 Å². The van der Waals surface area contributed by atoms with Gasteiger partial charge in [0.05, 0.1) is 17.9 Å². The monoisotopic (exact) mass is 250 g/mol. The molecule has 1 unspecified atom stereocenters. The summed E-state index contributed by atoms with van der Waals surface area (Å²) in [6.45, 7) is 0. The molecule has 0 aliphatic carbocycles. The summed E-state index contributed by atoms with van der Waals surface area (Å²) in [7, 11) is 0. The molecule has 0 radical (unpaired) electrons. The predicted octanol–water partition coefficient (Wildman–Crippen LogP) is 2.52. The Labute approximate surface area is 111 Å². The van der Waals surface area contributed by atoms with Crippen LogP contribution in [0.1, 0.15) is 17.3 Å². The first-order valence-corrected chi connectivity index (χ1v) is 6.10. The highest BCUT2D eigenvalue weighted by Crippen LogP contribution is 2.28. The Hall–Kier alpha value is -2.46. The van der Waals surface area contributed by atoms with Gasteiger partial charge in [0.15, 0.2) is 0 Å². The summed E-state index contributed by atoms with van der Waals surface area (Å²) in [5, 5.41) is 7.13. The molecule has 0 amide bonds. The molecule has 2 heterocycles. The van der Waals surface area contributed by atoms with Crippen LogP contribution < -0.4 is 5.73 Å². The minimum atomic E-state index is -0.216. The van der Waals surface area contributed by atoms with Gasteiger partial charge in [0.1, 0.15) is 0 Å². The van der Waals surface area contributed by atoms with Crippen molar-refractivity contribution < 1.29 is 0 Å². The van der Waals surface area contributed by atoms with Crippen LogP contribution in [0.15, 0.2) is 61.1 Å². The lowest BCUT2D eigenvalue weighted by Crippen LogP contribution is -2.13. The van der Waals surface area contributed by atoms with Crippen LogP contribution >= 0.6 is 0 Å². The van der Waals surface area contributed by atoms with Gasteiger partial charge >= 0.3 is 0 Å². The average molecular weight is 250 g/mol. The maximum absolute atomic E-state index is 6.31. The van der Waals surface area contributed by atoms with E-state index in [0.29, 0.717) is 0 Å². The number of hydrogen-bond donors (Lipinski definition) is 2. The molecule has 4 heteroatoms. The Morgan fingerprint density at radius 3 is 2.47 bits per heavy atom. The maximum Gasteiger partial charge on any atom is 0.0727 e. The van der Waals surface area contributed by atoms with E-state index in [4.69, 9.17) is 5.73 Å². The summed E-state index contributed by atoms with van der Waals surface area (Å²) in [6, 6.07) is 13.7. The Bertz CT molecular complexity index is 646. The number of rotatable bonds is 3. The molecule has 4 nitrogen and oxygen atoms in total. The molecule has 0 aliphatic rings. The highest BCUT2D eigenvalue weighted by atomic mass is 15.1. The fourth-order valence-electron chi connectivity index (χ4n) is 2.12. The molecule has 0 aliphatic heterocycles. The summed E-state index contributed by atoms with van der Waals surface area (Å²) in [5.74, 6) is 0. The molecular weight excluding hydrogens is 236 g/mol. The molecule has 0 saturated heterocycles. The zero-order chi connectivity index (χ0) is 13.1. The summed E-state index contributed by atoms with van der Waals surface area (Å²) in [4.78, 5) is 4.03. The van der Waals surface area contributed by atoms with Crippen molar-refractivity contribution in [2.75, 3.05) is 0 Å². The first-order valence-electron chi connectivity index (χ1n) is 6.10. The SMILES string of the molecule is NC(c1ccccc1)c1[nH]ncc1-c1ccncc1. The number of pyridine rings is 1. The second kappa shape index (κ2) is 5.04. The fraction of sp³-hybridized carbons (Fsp3) is 0.0667. The first kappa shape index (κ1) is 11.6. The van der Waals surface area contributed by atoms with E-state index >= 15 is 0 Å². The molecule has 94 valence electrons. The van der Waals surface area contributed by atoms with Gasteiger partial charge in [-0.15, -0.1) is 0 Å². The molecular formula is C15H14N4. The van der Waals surface area contributed by atoms with E-state index in [9.17, 15) is 0 Å². The molecule has 3 N–H and O–H groups in total. The number of nitrogens with two attached hydrogens (primary N) is 1. The highest BCUT2D eigenvalue weighted by Gasteiger charge is 2.16. The van der Waals surface area contributed by atoms with Gasteiger partial charge in [-0.1, -0.05) is 30.3 Å². The topological polar surface area (TPSA) is 67.6 Å². The third kappa shape index (κ3) is 2.26. The molecule has 2 aromatic heterocycles. The van der Waals surface area contributed by atoms with Crippen LogP contribution in [-0.2, 0) is 0 Å². The van der Waals surface area contributed by atoms with Crippen molar-refractivity contribution >= 4 is 0 Å². The standard InChI is InChI=1S/C15H14N4/c16-14(12-4-2-1-3-5-12)15-13(10-18-19-15)11-6-8-17-9-7-11/h1-10,14H,16H2,(H,18,19). The maximum atomic E-state index is 6.31. The van der Waals surface area contributed by atoms with Crippen LogP contribution in [0.25, 0.3) is 11.1 Å². The molecule has 0 bridgehead atoms. The second-order valence-corrected chi connectivity index (χ2v) is 4.32. The molecule has 0 saturated carbocycles. The first-order chi connectivity index (χ1) is 9.36. The summed E-state index contributed by atoms with van der Waals surface area (Å²) in [6.07, 6.45) is 5.33. The number of benzene rings is 1. The van der Waals surface area contributed by atoms with Crippen molar-refractivity contribution in [3.05, 3.63) is 72.3 Å². The van der Waals surface area contributed by atoms with Crippen molar-refractivity contribution in [3.8, 4) is 11.1 Å². The lowest BCUT2D eigenvalue weighted by Gasteiger charge is -2.12. The van der Waals surface area contributed by atoms with E-state index in [1.807, 2.05) is 42.5 Å². The van der Waals surface area contributed by atoms with Crippen LogP contribution in [0.4, 0.5) is 0 Å². The van der Waals surface area contributed by atoms with Gasteiger partial charge in [-0.05, 0) is 23.3 Å². The Balaban J connectivity index is 2.01. The molecule has 19 heavy (non-hydrogen) atoms. The zero-order valence-electron chi connectivity index (χ0n) is 10.3. The number of aromatic amines is 1. The number of hydrogen-bond acceptors (Lipinski definition) is 3. The summed E-state index contributed by atoms with van der Waals surface area (Å²) in [5.41, 5.74) is 10.4. The van der Waals surface area contributed by atoms with Crippen molar-refractivity contribution in [1.82, 2.24) is 15.2 Å². The fourth-order valence-corrected chi connectivity index (χ4v) is 2.12. The number of nitrogens with zero attached hydrogens (tertiary/aromatic N) is 2. The van der Waals surface area contributed by atoms with Crippen molar-refractivity contribution in [2.24, 2.45) is 5.73 Å². The lowest BCUT2D eigenvalue weighted by molar-refractivity contribution is 0.818. The van der Waals surface area contributed by atoms with Gasteiger partial charge in [-0.3, -0.25) is 10.1 Å². The van der Waals surface area contributed by atoms with E-state index in [0.717, 1.165) is 22.4 Å². The molecule has 0 fully saturated rings. The van der Waals surface area contributed by atoms with Gasteiger partial charge < -0.3 is 5.73 Å². The van der Waals surface area contributed by atoms with Crippen molar-refractivity contribution in [3.63, 3.8) is 0 Å². The van der Waals surface area contributed by atoms with E-state index in [1.54, 1.807) is 18.6 Å². The summed E-state index contributed by atoms with van der Waals surface area (Å²) >= 11 is 0. The zero-order valence-corrected chi connectivity index (χ0v) is 10.3. The van der Waals surface area contributed by atoms with Gasteiger partial charge in [0.2, 0.25) is 0 Å². The smallest absolute Gasteiger partial charge is 0.0727 e. The molecule has 3 aromatic rings. The van der Waals surface area contributed by atoms with Crippen LogP contribution in [-0.4, -0.2) is 15.2 Å². The average Bonchev–Trinajstić information content (AvgIpc) is 2.98. The van der Waals surface area contributed by atoms with E-state index in [-0.39, 0.29) is 6.04 Å². The van der Waals surface area contributed by atoms with E-state index in [2.05, 4.69) is 15.2 Å². The Kier molecular flexibility index (Phi) is 3.08. The molecule has 0 spiro atoms. The second-order valence-electron chi connectivity index (χ2n) is 4.32. The van der Waals surface area contributed by atoms with Crippen LogP contribution in [0.5, 0.6) is 0 Å². The van der Waals surface area contributed by atoms with E-state index < -0.39 is 0 Å². The minimum absolute atomic E-state index is 0.216. The van der Waals surface area contributed by atoms with Crippen LogP contribution in [0, 0.1) is 0 Å². The van der Waals surface area contributed by atoms with Crippen molar-refractivity contribution in [2.45, 2.75) is 6.04 Å². The Morgan fingerprint density at radius 2 is 1.74 bits per heavy atom. The van der Waals surface area contributed by atoms with Gasteiger partial charge in [0, 0.05) is 18.0 Å². The van der Waals surface area contributed by atoms with Gasteiger partial charge in [0.25, 0.3) is 0 Å². The number of nitrogens with one attached hydrogen (secondary N) is 1. The lowest BCUT2D eigenvalue weighted by atomic mass is 9.99. The number of H-pyrrole nitrogens is 1. The van der Waals surface area contributed by atoms with Crippen molar-refractivity contribution in [1.29, 1.82) is 0 Å². The van der Waals surface area contributed by atoms with Gasteiger partial charge in [-0.2, -0.15) is 5.10 Å². The molecule has 1 aromatic carbocycles. The van der Waals surface area contributed by atoms with Gasteiger partial charge in [-0.25, -0.2) is 0 Å². The molecule has 1 atom stereocenters. The predicted molar refractivity (Wildman–Crippen MR) is 74.3 cm³/mol. The Morgan fingerprint density at radius 1 is 1.00 bits per heavy atom. The van der Waals surface area contributed by atoms with Crippen LogP contribution in [0.2, 0.25) is 0 Å². The third-order valence-electron chi connectivity index (χ3n) is 3.13. The van der Waals surface area contributed by atoms with Crippen LogP contribution in [0.3, 0.4) is 0 Å². The highest BCUT2D eigenvalue weighted by molar-refractivity contribution is 5.65. The molecule has 3 rings (SSSR count). The summed E-state index contributed by atoms with van der Waals surface area (Å²) < 4.78 is 0. The quantitative estimate of drug-likeness (QED) is 0.750. The number of aromatic nitrogens is 3. The minimum Gasteiger partial charge on any atom is -0.319 e. The third-order valence-corrected chi connectivity index (χ3v) is 3.13.